The zero-order valence-electron chi connectivity index (χ0n) is 8.11. The average Bonchev–Trinajstić information content (AvgIpc) is 2.18. The second-order valence-electron chi connectivity index (χ2n) is 2.98. The summed E-state index contributed by atoms with van der Waals surface area (Å²) in [5, 5.41) is 0. The molecule has 4 heteroatoms. The van der Waals surface area contributed by atoms with Gasteiger partial charge in [-0.2, -0.15) is 0 Å². The van der Waals surface area contributed by atoms with Crippen molar-refractivity contribution < 1.29 is 4.79 Å². The van der Waals surface area contributed by atoms with Crippen molar-refractivity contribution in [3.8, 4) is 0 Å². The van der Waals surface area contributed by atoms with E-state index in [9.17, 15) is 4.79 Å². The lowest BCUT2D eigenvalue weighted by atomic mass is 10.4. The molecule has 0 aliphatic heterocycles. The standard InChI is InChI=1S/C10H12ClNOS/c1-12(2)10(13)9(11)14-8-6-4-3-5-7-8/h3-7,9H,1-2H3. The molecule has 1 aromatic carbocycles. The number of alkyl halides is 1. The lowest BCUT2D eigenvalue weighted by Crippen LogP contribution is -2.28. The van der Waals surface area contributed by atoms with Gasteiger partial charge in [0.2, 0.25) is 0 Å². The van der Waals surface area contributed by atoms with E-state index in [0.717, 1.165) is 4.90 Å². The van der Waals surface area contributed by atoms with Crippen molar-refractivity contribution in [2.45, 2.75) is 9.60 Å². The van der Waals surface area contributed by atoms with Crippen LogP contribution in [0.15, 0.2) is 35.2 Å². The smallest absolute Gasteiger partial charge is 0.250 e. The third-order valence-corrected chi connectivity index (χ3v) is 3.02. The van der Waals surface area contributed by atoms with Crippen LogP contribution in [-0.2, 0) is 4.79 Å². The number of hydrogen-bond donors (Lipinski definition) is 0. The molecule has 0 saturated carbocycles. The van der Waals surface area contributed by atoms with Gasteiger partial charge in [-0.05, 0) is 12.1 Å². The first-order chi connectivity index (χ1) is 6.61. The molecular formula is C10H12ClNOS. The van der Waals surface area contributed by atoms with E-state index >= 15 is 0 Å². The van der Waals surface area contributed by atoms with Crippen LogP contribution in [0.4, 0.5) is 0 Å². The summed E-state index contributed by atoms with van der Waals surface area (Å²) in [6, 6.07) is 9.64. The highest BCUT2D eigenvalue weighted by molar-refractivity contribution is 8.01. The largest absolute Gasteiger partial charge is 0.347 e. The third-order valence-electron chi connectivity index (χ3n) is 1.62. The minimum absolute atomic E-state index is 0.0829. The Kier molecular flexibility index (Phi) is 4.29. The highest BCUT2D eigenvalue weighted by Crippen LogP contribution is 2.26. The minimum Gasteiger partial charge on any atom is -0.347 e. The molecule has 0 saturated heterocycles. The minimum atomic E-state index is -0.549. The van der Waals surface area contributed by atoms with E-state index in [4.69, 9.17) is 11.6 Å². The molecule has 2 nitrogen and oxygen atoms in total. The van der Waals surface area contributed by atoms with Crippen LogP contribution < -0.4 is 0 Å². The van der Waals surface area contributed by atoms with Crippen molar-refractivity contribution in [2.24, 2.45) is 0 Å². The Morgan fingerprint density at radius 3 is 2.43 bits per heavy atom. The van der Waals surface area contributed by atoms with Crippen molar-refractivity contribution in [1.82, 2.24) is 4.90 Å². The van der Waals surface area contributed by atoms with E-state index in [0.29, 0.717) is 0 Å². The van der Waals surface area contributed by atoms with Crippen molar-refractivity contribution in [3.63, 3.8) is 0 Å². The van der Waals surface area contributed by atoms with Gasteiger partial charge in [-0.15, -0.1) is 0 Å². The normalized spacial score (nSPS) is 12.2. The Balaban J connectivity index is 2.57. The fourth-order valence-electron chi connectivity index (χ4n) is 0.872. The first-order valence-corrected chi connectivity index (χ1v) is 5.50. The summed E-state index contributed by atoms with van der Waals surface area (Å²) in [6.45, 7) is 0. The molecule has 14 heavy (non-hydrogen) atoms. The van der Waals surface area contributed by atoms with Gasteiger partial charge in [0.25, 0.3) is 5.91 Å². The Morgan fingerprint density at radius 1 is 1.36 bits per heavy atom. The van der Waals surface area contributed by atoms with Gasteiger partial charge in [0.05, 0.1) is 0 Å². The van der Waals surface area contributed by atoms with Crippen LogP contribution in [0, 0.1) is 0 Å². The van der Waals surface area contributed by atoms with Crippen molar-refractivity contribution in [1.29, 1.82) is 0 Å². The van der Waals surface area contributed by atoms with Crippen LogP contribution in [0.25, 0.3) is 0 Å². The number of halogens is 1. The quantitative estimate of drug-likeness (QED) is 0.586. The lowest BCUT2D eigenvalue weighted by Gasteiger charge is -2.14. The first kappa shape index (κ1) is 11.4. The maximum Gasteiger partial charge on any atom is 0.250 e. The summed E-state index contributed by atoms with van der Waals surface area (Å²) in [4.78, 5) is 13.9. The van der Waals surface area contributed by atoms with Crippen LogP contribution in [0.1, 0.15) is 0 Å². The van der Waals surface area contributed by atoms with Crippen LogP contribution in [-0.4, -0.2) is 29.6 Å². The summed E-state index contributed by atoms with van der Waals surface area (Å²) in [5.41, 5.74) is 0. The molecule has 0 spiro atoms. The Morgan fingerprint density at radius 2 is 1.93 bits per heavy atom. The molecule has 1 amide bonds. The van der Waals surface area contributed by atoms with Gasteiger partial charge in [0.15, 0.2) is 4.71 Å². The molecule has 0 radical (unpaired) electrons. The topological polar surface area (TPSA) is 20.3 Å². The number of thioether (sulfide) groups is 1. The number of amides is 1. The van der Waals surface area contributed by atoms with Crippen molar-refractivity contribution in [2.75, 3.05) is 14.1 Å². The van der Waals surface area contributed by atoms with E-state index in [1.165, 1.54) is 16.7 Å². The fraction of sp³-hybridized carbons (Fsp3) is 0.300. The fourth-order valence-corrected chi connectivity index (χ4v) is 2.24. The Bertz CT molecular complexity index is 302. The summed E-state index contributed by atoms with van der Waals surface area (Å²) >= 11 is 7.29. The highest BCUT2D eigenvalue weighted by atomic mass is 35.5. The third kappa shape index (κ3) is 3.24. The van der Waals surface area contributed by atoms with E-state index in [1.54, 1.807) is 14.1 Å². The molecule has 0 aliphatic rings. The van der Waals surface area contributed by atoms with Crippen molar-refractivity contribution >= 4 is 29.3 Å². The second-order valence-corrected chi connectivity index (χ2v) is 4.85. The monoisotopic (exact) mass is 229 g/mol. The number of carbonyl (C=O) groups excluding carboxylic acids is 1. The summed E-state index contributed by atoms with van der Waals surface area (Å²) < 4.78 is -0.549. The number of carbonyl (C=O) groups is 1. The van der Waals surface area contributed by atoms with Crippen LogP contribution in [0.5, 0.6) is 0 Å². The van der Waals surface area contributed by atoms with Gasteiger partial charge in [-0.3, -0.25) is 4.79 Å². The maximum atomic E-state index is 11.4. The summed E-state index contributed by atoms with van der Waals surface area (Å²) in [5.74, 6) is -0.0829. The van der Waals surface area contributed by atoms with Gasteiger partial charge in [0, 0.05) is 19.0 Å². The molecule has 0 heterocycles. The van der Waals surface area contributed by atoms with Crippen molar-refractivity contribution in [3.05, 3.63) is 30.3 Å². The SMILES string of the molecule is CN(C)C(=O)C(Cl)Sc1ccccc1. The average molecular weight is 230 g/mol. The summed E-state index contributed by atoms with van der Waals surface area (Å²) in [7, 11) is 3.40. The number of rotatable bonds is 3. The summed E-state index contributed by atoms with van der Waals surface area (Å²) in [6.07, 6.45) is 0. The van der Waals surface area contributed by atoms with Gasteiger partial charge in [-0.25, -0.2) is 0 Å². The van der Waals surface area contributed by atoms with E-state index in [2.05, 4.69) is 0 Å². The highest BCUT2D eigenvalue weighted by Gasteiger charge is 2.17. The number of hydrogen-bond acceptors (Lipinski definition) is 2. The molecule has 1 atom stereocenters. The van der Waals surface area contributed by atoms with E-state index in [-0.39, 0.29) is 5.91 Å². The molecule has 1 aromatic rings. The molecule has 0 aliphatic carbocycles. The Hall–Kier alpha value is -0.670. The van der Waals surface area contributed by atoms with Gasteiger partial charge in [0.1, 0.15) is 0 Å². The molecule has 1 rings (SSSR count). The molecule has 1 unspecified atom stereocenters. The zero-order valence-corrected chi connectivity index (χ0v) is 9.68. The molecule has 76 valence electrons. The molecular weight excluding hydrogens is 218 g/mol. The van der Waals surface area contributed by atoms with E-state index < -0.39 is 4.71 Å². The maximum absolute atomic E-state index is 11.4. The molecule has 0 fully saturated rings. The second kappa shape index (κ2) is 5.27. The molecule has 0 aromatic heterocycles. The first-order valence-electron chi connectivity index (χ1n) is 4.18. The lowest BCUT2D eigenvalue weighted by molar-refractivity contribution is -0.126. The zero-order chi connectivity index (χ0) is 10.6. The van der Waals surface area contributed by atoms with Gasteiger partial charge < -0.3 is 4.90 Å². The molecule has 0 N–H and O–H groups in total. The van der Waals surface area contributed by atoms with Crippen LogP contribution in [0.2, 0.25) is 0 Å². The van der Waals surface area contributed by atoms with Gasteiger partial charge in [-0.1, -0.05) is 41.6 Å². The van der Waals surface area contributed by atoms with E-state index in [1.807, 2.05) is 30.3 Å². The van der Waals surface area contributed by atoms with Crippen LogP contribution in [0.3, 0.4) is 0 Å². The Labute approximate surface area is 93.2 Å². The number of benzene rings is 1. The molecule has 0 bridgehead atoms. The van der Waals surface area contributed by atoms with Gasteiger partial charge >= 0.3 is 0 Å². The predicted octanol–water partition coefficient (Wildman–Crippen LogP) is 2.43. The number of nitrogens with zero attached hydrogens (tertiary/aromatic N) is 1. The van der Waals surface area contributed by atoms with Crippen LogP contribution >= 0.6 is 23.4 Å². The predicted molar refractivity (Wildman–Crippen MR) is 60.6 cm³/mol.